The molecule has 0 spiro atoms. The Balaban J connectivity index is 1.68. The van der Waals surface area contributed by atoms with Gasteiger partial charge in [-0.15, -0.1) is 0 Å². The van der Waals surface area contributed by atoms with E-state index in [1.54, 1.807) is 35.0 Å². The first-order valence-electron chi connectivity index (χ1n) is 8.88. The van der Waals surface area contributed by atoms with Gasteiger partial charge in [-0.1, -0.05) is 0 Å². The van der Waals surface area contributed by atoms with E-state index in [0.717, 1.165) is 0 Å². The fourth-order valence-electron chi connectivity index (χ4n) is 2.91. The summed E-state index contributed by atoms with van der Waals surface area (Å²) in [5, 5.41) is 3.30. The van der Waals surface area contributed by atoms with Crippen molar-refractivity contribution in [3.63, 3.8) is 0 Å². The number of benzene rings is 1. The second kappa shape index (κ2) is 7.69. The van der Waals surface area contributed by atoms with E-state index < -0.39 is 11.5 Å². The van der Waals surface area contributed by atoms with Crippen LogP contribution in [0.25, 0.3) is 11.0 Å². The molecule has 1 N–H and O–H groups in total. The summed E-state index contributed by atoms with van der Waals surface area (Å²) in [4.78, 5) is 39.6. The highest BCUT2D eigenvalue weighted by Gasteiger charge is 2.24. The molecule has 8 nitrogen and oxygen atoms in total. The lowest BCUT2D eigenvalue weighted by Crippen LogP contribution is -2.38. The zero-order chi connectivity index (χ0) is 19.6. The van der Waals surface area contributed by atoms with Gasteiger partial charge in [0.2, 0.25) is 0 Å². The number of amides is 3. The molecule has 1 saturated heterocycles. The van der Waals surface area contributed by atoms with Crippen LogP contribution in [-0.4, -0.2) is 61.1 Å². The Morgan fingerprint density at radius 1 is 1.26 bits per heavy atom. The first-order chi connectivity index (χ1) is 12.8. The minimum atomic E-state index is -0.710. The van der Waals surface area contributed by atoms with Crippen LogP contribution in [0, 0.1) is 0 Å². The predicted octanol–water partition coefficient (Wildman–Crippen LogP) is 1.68. The molecule has 0 aliphatic carbocycles. The summed E-state index contributed by atoms with van der Waals surface area (Å²) < 4.78 is 10.9. The van der Waals surface area contributed by atoms with Crippen molar-refractivity contribution in [1.29, 1.82) is 0 Å². The third-order valence-electron chi connectivity index (χ3n) is 4.29. The van der Waals surface area contributed by atoms with E-state index in [-0.39, 0.29) is 24.2 Å². The number of hydrogen-bond donors (Lipinski definition) is 1. The van der Waals surface area contributed by atoms with Gasteiger partial charge in [0.1, 0.15) is 16.9 Å². The van der Waals surface area contributed by atoms with Crippen LogP contribution >= 0.6 is 0 Å². The summed E-state index contributed by atoms with van der Waals surface area (Å²) in [5.41, 5.74) is -0.413. The molecule has 0 saturated carbocycles. The molecule has 0 atom stereocenters. The van der Waals surface area contributed by atoms with Gasteiger partial charge in [0, 0.05) is 44.7 Å². The van der Waals surface area contributed by atoms with Crippen molar-refractivity contribution in [1.82, 2.24) is 15.1 Å². The number of likely N-dealkylation sites (N-methyl/N-ethyl adjacent to an activating group) is 1. The van der Waals surface area contributed by atoms with Gasteiger partial charge < -0.3 is 24.3 Å². The fourth-order valence-corrected chi connectivity index (χ4v) is 2.91. The second-order valence-corrected chi connectivity index (χ2v) is 6.76. The number of ether oxygens (including phenoxy) is 1. The zero-order valence-corrected chi connectivity index (χ0v) is 15.7. The van der Waals surface area contributed by atoms with E-state index in [2.05, 4.69) is 5.32 Å². The maximum atomic E-state index is 12.3. The van der Waals surface area contributed by atoms with Crippen molar-refractivity contribution in [3.05, 3.63) is 40.2 Å². The maximum Gasteiger partial charge on any atom is 0.349 e. The largest absolute Gasteiger partial charge is 0.491 e. The highest BCUT2D eigenvalue weighted by Crippen LogP contribution is 2.21. The first kappa shape index (κ1) is 18.8. The quantitative estimate of drug-likeness (QED) is 0.778. The molecular weight excluding hydrogens is 350 g/mol. The Morgan fingerprint density at radius 3 is 2.70 bits per heavy atom. The molecule has 1 aromatic carbocycles. The summed E-state index contributed by atoms with van der Waals surface area (Å²) >= 11 is 0. The molecule has 0 bridgehead atoms. The lowest BCUT2D eigenvalue weighted by Gasteiger charge is -2.16. The smallest absolute Gasteiger partial charge is 0.349 e. The topological polar surface area (TPSA) is 92.1 Å². The van der Waals surface area contributed by atoms with Gasteiger partial charge in [0.25, 0.3) is 5.91 Å². The van der Waals surface area contributed by atoms with Crippen LogP contribution in [0.5, 0.6) is 5.75 Å². The lowest BCUT2D eigenvalue weighted by molar-refractivity contribution is 0.0946. The fraction of sp³-hybridized carbons (Fsp3) is 0.421. The molecule has 0 radical (unpaired) electrons. The lowest BCUT2D eigenvalue weighted by atomic mass is 10.1. The molecular formula is C19H23N3O5. The van der Waals surface area contributed by atoms with E-state index in [1.165, 1.54) is 6.07 Å². The molecule has 2 heterocycles. The summed E-state index contributed by atoms with van der Waals surface area (Å²) in [5.74, 6) is 0.0752. The van der Waals surface area contributed by atoms with Gasteiger partial charge in [0.15, 0.2) is 0 Å². The Morgan fingerprint density at radius 2 is 2.04 bits per heavy atom. The van der Waals surface area contributed by atoms with Crippen LogP contribution < -0.4 is 15.7 Å². The molecule has 8 heteroatoms. The molecule has 3 amide bonds. The molecule has 3 rings (SSSR count). The minimum Gasteiger partial charge on any atom is -0.491 e. The third kappa shape index (κ3) is 4.21. The summed E-state index contributed by atoms with van der Waals surface area (Å²) in [6.07, 6.45) is 0.00139. The number of urea groups is 1. The van der Waals surface area contributed by atoms with Crippen molar-refractivity contribution in [2.45, 2.75) is 20.0 Å². The number of nitrogens with one attached hydrogen (secondary N) is 1. The zero-order valence-electron chi connectivity index (χ0n) is 15.7. The average Bonchev–Trinajstić information content (AvgIpc) is 2.92. The van der Waals surface area contributed by atoms with Crippen LogP contribution in [0.15, 0.2) is 33.5 Å². The number of nitrogens with zero attached hydrogens (tertiary/aromatic N) is 2. The molecule has 144 valence electrons. The van der Waals surface area contributed by atoms with Crippen molar-refractivity contribution >= 4 is 22.9 Å². The van der Waals surface area contributed by atoms with Crippen molar-refractivity contribution in [2.24, 2.45) is 0 Å². The average molecular weight is 373 g/mol. The Bertz CT molecular complexity index is 921. The van der Waals surface area contributed by atoms with Gasteiger partial charge in [0.05, 0.1) is 6.10 Å². The predicted molar refractivity (Wildman–Crippen MR) is 100 cm³/mol. The second-order valence-electron chi connectivity index (χ2n) is 6.76. The summed E-state index contributed by atoms with van der Waals surface area (Å²) in [6.45, 7) is 5.76. The molecule has 1 aliphatic heterocycles. The van der Waals surface area contributed by atoms with Gasteiger partial charge in [-0.05, 0) is 32.0 Å². The summed E-state index contributed by atoms with van der Waals surface area (Å²) in [7, 11) is 1.73. The van der Waals surface area contributed by atoms with E-state index >= 15 is 0 Å². The molecule has 1 aliphatic rings. The van der Waals surface area contributed by atoms with Crippen molar-refractivity contribution in [2.75, 3.05) is 33.2 Å². The van der Waals surface area contributed by atoms with Gasteiger partial charge in [-0.3, -0.25) is 4.79 Å². The molecule has 0 unspecified atom stereocenters. The Labute approximate surface area is 156 Å². The molecule has 1 aromatic heterocycles. The van der Waals surface area contributed by atoms with Gasteiger partial charge in [-0.2, -0.15) is 0 Å². The monoisotopic (exact) mass is 373 g/mol. The number of carbonyl (C=O) groups excluding carboxylic acids is 2. The van der Waals surface area contributed by atoms with Crippen molar-refractivity contribution < 1.29 is 18.7 Å². The maximum absolute atomic E-state index is 12.3. The van der Waals surface area contributed by atoms with Crippen LogP contribution in [-0.2, 0) is 0 Å². The highest BCUT2D eigenvalue weighted by molar-refractivity contribution is 5.96. The number of hydrogen-bond acceptors (Lipinski definition) is 5. The first-order valence-corrected chi connectivity index (χ1v) is 8.88. The third-order valence-corrected chi connectivity index (χ3v) is 4.29. The van der Waals surface area contributed by atoms with E-state index in [9.17, 15) is 14.4 Å². The normalized spacial score (nSPS) is 14.3. The number of rotatable bonds is 6. The molecule has 2 aromatic rings. The minimum absolute atomic E-state index is 0.00139. The Hall–Kier alpha value is -3.03. The van der Waals surface area contributed by atoms with Gasteiger partial charge in [-0.25, -0.2) is 9.59 Å². The molecule has 27 heavy (non-hydrogen) atoms. The van der Waals surface area contributed by atoms with Crippen LogP contribution in [0.3, 0.4) is 0 Å². The SMILES string of the molecule is CC(C)Oc1ccc2cc(C(=O)NCCN3CCN(C)C3=O)c(=O)oc2c1. The Kier molecular flexibility index (Phi) is 5.34. The molecule has 1 fully saturated rings. The van der Waals surface area contributed by atoms with E-state index in [4.69, 9.17) is 9.15 Å². The van der Waals surface area contributed by atoms with Crippen LogP contribution in [0.4, 0.5) is 4.79 Å². The number of carbonyl (C=O) groups is 2. The van der Waals surface area contributed by atoms with Crippen LogP contribution in [0.2, 0.25) is 0 Å². The van der Waals surface area contributed by atoms with E-state index in [1.807, 2.05) is 13.8 Å². The number of fused-ring (bicyclic) bond motifs is 1. The summed E-state index contributed by atoms with van der Waals surface area (Å²) in [6, 6.07) is 6.58. The van der Waals surface area contributed by atoms with Crippen molar-refractivity contribution in [3.8, 4) is 5.75 Å². The standard InChI is InChI=1S/C19H23N3O5/c1-12(2)26-14-5-4-13-10-15(18(24)27-16(13)11-14)17(23)20-6-7-22-9-8-21(3)19(22)25/h4-5,10-12H,6-9H2,1-3H3,(H,20,23). The van der Waals surface area contributed by atoms with Crippen LogP contribution in [0.1, 0.15) is 24.2 Å². The highest BCUT2D eigenvalue weighted by atomic mass is 16.5. The van der Waals surface area contributed by atoms with E-state index in [0.29, 0.717) is 36.4 Å². The van der Waals surface area contributed by atoms with Gasteiger partial charge >= 0.3 is 11.7 Å².